The lowest BCUT2D eigenvalue weighted by Crippen LogP contribution is -2.40. The first-order chi connectivity index (χ1) is 9.21. The van der Waals surface area contributed by atoms with Crippen molar-refractivity contribution in [3.63, 3.8) is 0 Å². The highest BCUT2D eigenvalue weighted by Gasteiger charge is 2.38. The molecule has 0 radical (unpaired) electrons. The molecule has 0 aliphatic heterocycles. The number of hydrogen-bond acceptors (Lipinski definition) is 4. The molecule has 1 N–H and O–H groups in total. The molecule has 1 saturated carbocycles. The molecule has 0 bridgehead atoms. The molecule has 0 amide bonds. The van der Waals surface area contributed by atoms with Gasteiger partial charge >= 0.3 is 0 Å². The van der Waals surface area contributed by atoms with Gasteiger partial charge in [-0.05, 0) is 46.0 Å². The fourth-order valence-electron chi connectivity index (χ4n) is 3.69. The van der Waals surface area contributed by atoms with Crippen LogP contribution in [0.5, 0.6) is 5.88 Å². The fraction of sp³-hybridized carbons (Fsp3) is 0.733. The first-order valence-corrected chi connectivity index (χ1v) is 7.83. The van der Waals surface area contributed by atoms with Crippen LogP contribution in [0.25, 0.3) is 0 Å². The number of anilines is 1. The summed E-state index contributed by atoms with van der Waals surface area (Å²) in [6.07, 6.45) is 5.26. The molecule has 1 aliphatic rings. The summed E-state index contributed by atoms with van der Waals surface area (Å²) in [6.45, 7) is 9.36. The fourth-order valence-corrected chi connectivity index (χ4v) is 4.05. The maximum absolute atomic E-state index is 5.22. The molecule has 1 fully saturated rings. The topological polar surface area (TPSA) is 47.0 Å². The highest BCUT2D eigenvalue weighted by atomic mass is 79.9. The van der Waals surface area contributed by atoms with Crippen LogP contribution in [0.1, 0.15) is 47.0 Å². The Bertz CT molecular complexity index is 472. The molecular formula is C15H24BrN3O. The lowest BCUT2D eigenvalue weighted by molar-refractivity contribution is 0.105. The molecule has 0 saturated heterocycles. The van der Waals surface area contributed by atoms with E-state index in [2.05, 4.69) is 58.9 Å². The predicted molar refractivity (Wildman–Crippen MR) is 85.1 cm³/mol. The molecule has 1 aromatic heterocycles. The minimum absolute atomic E-state index is 0.346. The van der Waals surface area contributed by atoms with Gasteiger partial charge in [-0.1, -0.05) is 27.7 Å². The second-order valence-corrected chi connectivity index (χ2v) is 8.16. The van der Waals surface area contributed by atoms with Gasteiger partial charge in [-0.15, -0.1) is 0 Å². The Hall–Kier alpha value is -0.840. The predicted octanol–water partition coefficient (Wildman–Crippen LogP) is 4.26. The van der Waals surface area contributed by atoms with Crippen molar-refractivity contribution in [2.45, 2.75) is 53.0 Å². The van der Waals surface area contributed by atoms with E-state index in [-0.39, 0.29) is 0 Å². The van der Waals surface area contributed by atoms with E-state index in [0.717, 1.165) is 17.3 Å². The Balaban J connectivity index is 2.13. The van der Waals surface area contributed by atoms with Crippen molar-refractivity contribution >= 4 is 21.9 Å². The molecule has 1 aliphatic carbocycles. The monoisotopic (exact) mass is 341 g/mol. The Kier molecular flexibility index (Phi) is 4.28. The van der Waals surface area contributed by atoms with Crippen LogP contribution in [0.4, 0.5) is 5.95 Å². The van der Waals surface area contributed by atoms with Crippen LogP contribution in [0.15, 0.2) is 10.7 Å². The van der Waals surface area contributed by atoms with E-state index in [1.165, 1.54) is 6.42 Å². The lowest BCUT2D eigenvalue weighted by atomic mass is 9.63. The summed E-state index contributed by atoms with van der Waals surface area (Å²) in [7, 11) is 1.61. The highest BCUT2D eigenvalue weighted by Crippen LogP contribution is 2.46. The van der Waals surface area contributed by atoms with Gasteiger partial charge in [0.2, 0.25) is 11.8 Å². The van der Waals surface area contributed by atoms with Crippen LogP contribution in [-0.2, 0) is 0 Å². The zero-order chi connectivity index (χ0) is 15.0. The van der Waals surface area contributed by atoms with Crippen LogP contribution in [-0.4, -0.2) is 23.1 Å². The van der Waals surface area contributed by atoms with E-state index >= 15 is 0 Å². The van der Waals surface area contributed by atoms with Crippen molar-refractivity contribution in [2.24, 2.45) is 10.8 Å². The average Bonchev–Trinajstić information content (AvgIpc) is 2.27. The number of ether oxygens (including phenoxy) is 1. The van der Waals surface area contributed by atoms with Crippen molar-refractivity contribution < 1.29 is 4.74 Å². The van der Waals surface area contributed by atoms with Gasteiger partial charge in [0.15, 0.2) is 0 Å². The minimum Gasteiger partial charge on any atom is -0.480 e. The number of hydrogen-bond donors (Lipinski definition) is 1. The summed E-state index contributed by atoms with van der Waals surface area (Å²) in [4.78, 5) is 8.72. The molecule has 112 valence electrons. The van der Waals surface area contributed by atoms with Crippen LogP contribution >= 0.6 is 15.9 Å². The van der Waals surface area contributed by atoms with Gasteiger partial charge in [0.05, 0.1) is 17.8 Å². The van der Waals surface area contributed by atoms with E-state index in [9.17, 15) is 0 Å². The van der Waals surface area contributed by atoms with Crippen LogP contribution < -0.4 is 10.1 Å². The Labute approximate surface area is 129 Å². The van der Waals surface area contributed by atoms with Gasteiger partial charge in [0.25, 0.3) is 0 Å². The number of rotatable bonds is 3. The van der Waals surface area contributed by atoms with Gasteiger partial charge in [-0.3, -0.25) is 0 Å². The third kappa shape index (κ3) is 3.84. The largest absolute Gasteiger partial charge is 0.480 e. The van der Waals surface area contributed by atoms with Gasteiger partial charge < -0.3 is 10.1 Å². The number of nitrogens with one attached hydrogen (secondary N) is 1. The average molecular weight is 342 g/mol. The first kappa shape index (κ1) is 15.5. The number of methoxy groups -OCH3 is 1. The second-order valence-electron chi connectivity index (χ2n) is 7.31. The third-order valence-electron chi connectivity index (χ3n) is 3.79. The molecule has 1 heterocycles. The summed E-state index contributed by atoms with van der Waals surface area (Å²) < 4.78 is 5.99. The quantitative estimate of drug-likeness (QED) is 0.891. The number of aromatic nitrogens is 2. The second kappa shape index (κ2) is 5.51. The van der Waals surface area contributed by atoms with Crippen LogP contribution in [0.3, 0.4) is 0 Å². The SMILES string of the molecule is COc1nc(NC2CC(C)(C)CC(C)(C)C2)ncc1Br. The molecule has 1 aromatic rings. The molecule has 4 nitrogen and oxygen atoms in total. The van der Waals surface area contributed by atoms with E-state index < -0.39 is 0 Å². The minimum atomic E-state index is 0.346. The maximum Gasteiger partial charge on any atom is 0.232 e. The Morgan fingerprint density at radius 1 is 1.25 bits per heavy atom. The van der Waals surface area contributed by atoms with E-state index in [0.29, 0.717) is 28.7 Å². The van der Waals surface area contributed by atoms with Crippen molar-refractivity contribution in [1.29, 1.82) is 0 Å². The van der Waals surface area contributed by atoms with E-state index in [1.54, 1.807) is 13.3 Å². The first-order valence-electron chi connectivity index (χ1n) is 7.04. The van der Waals surface area contributed by atoms with E-state index in [1.807, 2.05) is 0 Å². The Morgan fingerprint density at radius 2 is 1.85 bits per heavy atom. The van der Waals surface area contributed by atoms with Gasteiger partial charge in [-0.25, -0.2) is 4.98 Å². The summed E-state index contributed by atoms with van der Waals surface area (Å²) in [5, 5.41) is 3.47. The Morgan fingerprint density at radius 3 is 2.40 bits per heavy atom. The molecule has 0 unspecified atom stereocenters. The zero-order valence-electron chi connectivity index (χ0n) is 13.0. The summed E-state index contributed by atoms with van der Waals surface area (Å²) >= 11 is 3.37. The molecule has 0 atom stereocenters. The third-order valence-corrected chi connectivity index (χ3v) is 4.34. The molecule has 0 aromatic carbocycles. The highest BCUT2D eigenvalue weighted by molar-refractivity contribution is 9.10. The molecular weight excluding hydrogens is 318 g/mol. The molecule has 5 heteroatoms. The zero-order valence-corrected chi connectivity index (χ0v) is 14.5. The maximum atomic E-state index is 5.22. The number of nitrogens with zero attached hydrogens (tertiary/aromatic N) is 2. The molecule has 2 rings (SSSR count). The molecule has 20 heavy (non-hydrogen) atoms. The molecule has 0 spiro atoms. The smallest absolute Gasteiger partial charge is 0.232 e. The van der Waals surface area contributed by atoms with Gasteiger partial charge in [0.1, 0.15) is 0 Å². The van der Waals surface area contributed by atoms with Crippen molar-refractivity contribution in [2.75, 3.05) is 12.4 Å². The van der Waals surface area contributed by atoms with Crippen molar-refractivity contribution in [3.05, 3.63) is 10.7 Å². The van der Waals surface area contributed by atoms with E-state index in [4.69, 9.17) is 4.74 Å². The van der Waals surface area contributed by atoms with Crippen LogP contribution in [0.2, 0.25) is 0 Å². The normalized spacial score (nSPS) is 21.5. The van der Waals surface area contributed by atoms with Crippen molar-refractivity contribution in [1.82, 2.24) is 9.97 Å². The number of halogens is 1. The summed E-state index contributed by atoms with van der Waals surface area (Å²) in [5.41, 5.74) is 0.692. The van der Waals surface area contributed by atoms with Crippen LogP contribution in [0, 0.1) is 10.8 Å². The lowest BCUT2D eigenvalue weighted by Gasteiger charge is -2.45. The van der Waals surface area contributed by atoms with Gasteiger partial charge in [-0.2, -0.15) is 4.98 Å². The van der Waals surface area contributed by atoms with Crippen molar-refractivity contribution in [3.8, 4) is 5.88 Å². The summed E-state index contributed by atoms with van der Waals surface area (Å²) in [6, 6.07) is 0.402. The summed E-state index contributed by atoms with van der Waals surface area (Å²) in [5.74, 6) is 1.21. The standard InChI is InChI=1S/C15H24BrN3O/c1-14(2)6-10(7-15(3,4)9-14)18-13-17-8-11(16)12(19-13)20-5/h8,10H,6-7,9H2,1-5H3,(H,17,18,19). The van der Waals surface area contributed by atoms with Gasteiger partial charge in [0, 0.05) is 6.04 Å².